The van der Waals surface area contributed by atoms with Crippen LogP contribution >= 0.6 is 0 Å². The van der Waals surface area contributed by atoms with Gasteiger partial charge in [-0.15, -0.1) is 10.2 Å². The van der Waals surface area contributed by atoms with Crippen molar-refractivity contribution in [3.63, 3.8) is 0 Å². The highest BCUT2D eigenvalue weighted by Gasteiger charge is 2.10. The summed E-state index contributed by atoms with van der Waals surface area (Å²) >= 11 is 0. The fraction of sp³-hybridized carbons (Fsp3) is 0.0667. The van der Waals surface area contributed by atoms with Crippen molar-refractivity contribution < 1.29 is 9.21 Å². The van der Waals surface area contributed by atoms with Crippen LogP contribution in [0.5, 0.6) is 0 Å². The van der Waals surface area contributed by atoms with E-state index >= 15 is 0 Å². The summed E-state index contributed by atoms with van der Waals surface area (Å²) in [5, 5.41) is 10.6. The fourth-order valence-corrected chi connectivity index (χ4v) is 1.78. The lowest BCUT2D eigenvalue weighted by Crippen LogP contribution is -2.22. The summed E-state index contributed by atoms with van der Waals surface area (Å²) in [5.74, 6) is 0.576. The number of carbonyl (C=O) groups excluding carboxylic acids is 1. The molecule has 0 spiro atoms. The van der Waals surface area contributed by atoms with E-state index in [0.29, 0.717) is 17.3 Å². The Balaban J connectivity index is 1.64. The average molecular weight is 280 g/mol. The molecule has 3 rings (SSSR count). The molecular weight excluding hydrogens is 268 g/mol. The Labute approximate surface area is 120 Å². The Morgan fingerprint density at radius 1 is 1.05 bits per heavy atom. The van der Waals surface area contributed by atoms with Crippen LogP contribution in [0.1, 0.15) is 16.2 Å². The van der Waals surface area contributed by atoms with Gasteiger partial charge in [0, 0.05) is 23.5 Å². The number of pyridine rings is 1. The van der Waals surface area contributed by atoms with Crippen LogP contribution in [0.4, 0.5) is 0 Å². The molecule has 3 aromatic rings. The fourth-order valence-electron chi connectivity index (χ4n) is 1.78. The maximum Gasteiger partial charge on any atom is 0.251 e. The third kappa shape index (κ3) is 3.11. The number of nitrogens with one attached hydrogen (secondary N) is 1. The first kappa shape index (κ1) is 13.0. The second-order valence-corrected chi connectivity index (χ2v) is 4.29. The van der Waals surface area contributed by atoms with Gasteiger partial charge in [-0.3, -0.25) is 9.78 Å². The Morgan fingerprint density at radius 3 is 2.57 bits per heavy atom. The number of nitrogens with zero attached hydrogens (tertiary/aromatic N) is 3. The molecule has 6 heteroatoms. The third-order valence-electron chi connectivity index (χ3n) is 2.83. The summed E-state index contributed by atoms with van der Waals surface area (Å²) < 4.78 is 5.49. The molecule has 0 aliphatic carbocycles. The molecule has 2 heterocycles. The Morgan fingerprint density at radius 2 is 1.81 bits per heavy atom. The predicted molar refractivity (Wildman–Crippen MR) is 75.1 cm³/mol. The van der Waals surface area contributed by atoms with E-state index in [1.165, 1.54) is 0 Å². The number of hydrogen-bond acceptors (Lipinski definition) is 5. The largest absolute Gasteiger partial charge is 0.419 e. The minimum atomic E-state index is -0.181. The van der Waals surface area contributed by atoms with E-state index in [2.05, 4.69) is 20.5 Å². The zero-order valence-electron chi connectivity index (χ0n) is 11.1. The molecule has 0 fully saturated rings. The van der Waals surface area contributed by atoms with Gasteiger partial charge in [0.1, 0.15) is 0 Å². The van der Waals surface area contributed by atoms with E-state index in [1.54, 1.807) is 36.7 Å². The van der Waals surface area contributed by atoms with Gasteiger partial charge in [-0.2, -0.15) is 0 Å². The maximum atomic E-state index is 11.9. The molecule has 0 unspecified atom stereocenters. The molecule has 0 radical (unpaired) electrons. The molecule has 2 aromatic heterocycles. The van der Waals surface area contributed by atoms with Crippen molar-refractivity contribution in [1.82, 2.24) is 20.5 Å². The molecule has 0 bridgehead atoms. The van der Waals surface area contributed by atoms with E-state index < -0.39 is 0 Å². The summed E-state index contributed by atoms with van der Waals surface area (Å²) in [7, 11) is 0. The van der Waals surface area contributed by atoms with Gasteiger partial charge in [0.25, 0.3) is 5.91 Å². The van der Waals surface area contributed by atoms with Crippen molar-refractivity contribution in [3.05, 3.63) is 66.3 Å². The summed E-state index contributed by atoms with van der Waals surface area (Å²) in [5.41, 5.74) is 1.38. The van der Waals surface area contributed by atoms with Crippen LogP contribution in [-0.4, -0.2) is 21.1 Å². The van der Waals surface area contributed by atoms with Crippen LogP contribution in [0.2, 0.25) is 0 Å². The Bertz CT molecular complexity index is 726. The lowest BCUT2D eigenvalue weighted by molar-refractivity contribution is 0.0947. The van der Waals surface area contributed by atoms with E-state index in [9.17, 15) is 4.79 Å². The van der Waals surface area contributed by atoms with Crippen molar-refractivity contribution in [3.8, 4) is 11.5 Å². The first-order valence-corrected chi connectivity index (χ1v) is 6.39. The van der Waals surface area contributed by atoms with Crippen molar-refractivity contribution in [2.24, 2.45) is 0 Å². The van der Waals surface area contributed by atoms with Crippen LogP contribution in [-0.2, 0) is 6.54 Å². The number of aromatic nitrogens is 3. The molecule has 0 saturated heterocycles. The van der Waals surface area contributed by atoms with Crippen LogP contribution in [0.25, 0.3) is 11.5 Å². The minimum Gasteiger partial charge on any atom is -0.419 e. The molecule has 6 nitrogen and oxygen atoms in total. The van der Waals surface area contributed by atoms with Gasteiger partial charge in [0.2, 0.25) is 11.8 Å². The van der Waals surface area contributed by atoms with E-state index in [1.807, 2.05) is 18.2 Å². The summed E-state index contributed by atoms with van der Waals surface area (Å²) in [6.45, 7) is 0.186. The number of rotatable bonds is 4. The third-order valence-corrected chi connectivity index (χ3v) is 2.83. The smallest absolute Gasteiger partial charge is 0.251 e. The lowest BCUT2D eigenvalue weighted by atomic mass is 10.2. The molecule has 21 heavy (non-hydrogen) atoms. The van der Waals surface area contributed by atoms with E-state index in [0.717, 1.165) is 5.56 Å². The molecule has 1 N–H and O–H groups in total. The zero-order valence-corrected chi connectivity index (χ0v) is 11.1. The van der Waals surface area contributed by atoms with Crippen LogP contribution < -0.4 is 5.32 Å². The van der Waals surface area contributed by atoms with Crippen molar-refractivity contribution in [2.45, 2.75) is 6.54 Å². The van der Waals surface area contributed by atoms with Crippen molar-refractivity contribution in [1.29, 1.82) is 0 Å². The molecule has 104 valence electrons. The highest BCUT2D eigenvalue weighted by atomic mass is 16.4. The first-order valence-electron chi connectivity index (χ1n) is 6.39. The second kappa shape index (κ2) is 5.96. The molecule has 0 saturated carbocycles. The van der Waals surface area contributed by atoms with Gasteiger partial charge in [0.05, 0.1) is 6.54 Å². The molecule has 0 atom stereocenters. The van der Waals surface area contributed by atoms with Gasteiger partial charge >= 0.3 is 0 Å². The highest BCUT2D eigenvalue weighted by molar-refractivity contribution is 5.93. The van der Waals surface area contributed by atoms with Crippen molar-refractivity contribution >= 4 is 5.91 Å². The molecule has 1 amide bonds. The number of amides is 1. The monoisotopic (exact) mass is 280 g/mol. The minimum absolute atomic E-state index is 0.181. The van der Waals surface area contributed by atoms with Gasteiger partial charge in [0.15, 0.2) is 0 Å². The Kier molecular flexibility index (Phi) is 3.68. The Hall–Kier alpha value is -3.02. The quantitative estimate of drug-likeness (QED) is 0.791. The molecular formula is C15H12N4O2. The standard InChI is InChI=1S/C15H12N4O2/c20-14(11-4-2-1-3-5-11)17-10-13-18-19-15(21-13)12-6-8-16-9-7-12/h1-9H,10H2,(H,17,20). The molecule has 0 aliphatic rings. The first-order chi connectivity index (χ1) is 10.3. The van der Waals surface area contributed by atoms with Crippen LogP contribution in [0.3, 0.4) is 0 Å². The van der Waals surface area contributed by atoms with Crippen molar-refractivity contribution in [2.75, 3.05) is 0 Å². The number of benzene rings is 1. The van der Waals surface area contributed by atoms with Gasteiger partial charge < -0.3 is 9.73 Å². The highest BCUT2D eigenvalue weighted by Crippen LogP contribution is 2.16. The summed E-state index contributed by atoms with van der Waals surface area (Å²) in [6, 6.07) is 12.5. The van der Waals surface area contributed by atoms with Gasteiger partial charge in [-0.1, -0.05) is 18.2 Å². The predicted octanol–water partition coefficient (Wildman–Crippen LogP) is 2.06. The second-order valence-electron chi connectivity index (χ2n) is 4.29. The van der Waals surface area contributed by atoms with E-state index in [-0.39, 0.29) is 12.5 Å². The number of hydrogen-bond donors (Lipinski definition) is 1. The zero-order chi connectivity index (χ0) is 14.5. The van der Waals surface area contributed by atoms with Gasteiger partial charge in [-0.25, -0.2) is 0 Å². The van der Waals surface area contributed by atoms with E-state index in [4.69, 9.17) is 4.42 Å². The molecule has 1 aromatic carbocycles. The summed E-state index contributed by atoms with van der Waals surface area (Å²) in [6.07, 6.45) is 3.30. The lowest BCUT2D eigenvalue weighted by Gasteiger charge is -2.01. The SMILES string of the molecule is O=C(NCc1nnc(-c2ccncc2)o1)c1ccccc1. The number of carbonyl (C=O) groups is 1. The average Bonchev–Trinajstić information content (AvgIpc) is 3.03. The van der Waals surface area contributed by atoms with Crippen LogP contribution in [0.15, 0.2) is 59.3 Å². The normalized spacial score (nSPS) is 10.3. The van der Waals surface area contributed by atoms with Gasteiger partial charge in [-0.05, 0) is 24.3 Å². The van der Waals surface area contributed by atoms with Crippen LogP contribution in [0, 0.1) is 0 Å². The summed E-state index contributed by atoms with van der Waals surface area (Å²) in [4.78, 5) is 15.8. The topological polar surface area (TPSA) is 80.9 Å². The maximum absolute atomic E-state index is 11.9. The molecule has 0 aliphatic heterocycles.